The van der Waals surface area contributed by atoms with Gasteiger partial charge < -0.3 is 0 Å². The minimum atomic E-state index is -1.09. The largest absolute Gasteiger partial charge is 0.280 e. The smallest absolute Gasteiger partial charge is 0.267 e. The van der Waals surface area contributed by atoms with E-state index < -0.39 is 23.0 Å². The molecule has 0 fully saturated rings. The Morgan fingerprint density at radius 3 is 2.19 bits per heavy atom. The molecule has 0 bridgehead atoms. The highest BCUT2D eigenvalue weighted by Gasteiger charge is 2.18. The second-order valence-corrected chi connectivity index (χ2v) is 7.82. The van der Waals surface area contributed by atoms with E-state index in [1.165, 1.54) is 18.3 Å². The molecular weight excluding hydrogens is 421 g/mol. The molecule has 7 heteroatoms. The van der Waals surface area contributed by atoms with E-state index in [1.807, 2.05) is 30.5 Å². The van der Waals surface area contributed by atoms with E-state index in [0.29, 0.717) is 16.7 Å². The Kier molecular flexibility index (Phi) is 5.69. The number of aryl methyl sites for hydroxylation is 1. The molecule has 0 spiro atoms. The zero-order chi connectivity index (χ0) is 22.1. The fourth-order valence-corrected chi connectivity index (χ4v) is 3.68. The summed E-state index contributed by atoms with van der Waals surface area (Å²) in [7, 11) is 0. The van der Waals surface area contributed by atoms with Crippen LogP contribution in [0.25, 0.3) is 27.9 Å². The van der Waals surface area contributed by atoms with Crippen molar-refractivity contribution in [3.05, 3.63) is 100 Å². The zero-order valence-electron chi connectivity index (χ0n) is 16.7. The van der Waals surface area contributed by atoms with Gasteiger partial charge in [-0.15, -0.1) is 11.8 Å². The number of hydrogen-bond acceptors (Lipinski definition) is 3. The summed E-state index contributed by atoms with van der Waals surface area (Å²) in [6, 6.07) is 15.2. The number of aromatic nitrogens is 2. The summed E-state index contributed by atoms with van der Waals surface area (Å²) >= 11 is 1.58. The molecule has 4 rings (SSSR count). The summed E-state index contributed by atoms with van der Waals surface area (Å²) in [5.41, 5.74) is 1.79. The van der Waals surface area contributed by atoms with Crippen molar-refractivity contribution in [2.24, 2.45) is 0 Å². The maximum Gasteiger partial charge on any atom is 0.280 e. The first kappa shape index (κ1) is 20.9. The summed E-state index contributed by atoms with van der Waals surface area (Å²) in [5, 5.41) is 4.18. The van der Waals surface area contributed by atoms with E-state index >= 15 is 0 Å². The predicted molar refractivity (Wildman–Crippen MR) is 117 cm³/mol. The average Bonchev–Trinajstić information content (AvgIpc) is 2.77. The molecular formula is C24H17F3N2OS. The molecule has 3 aromatic carbocycles. The normalized spacial score (nSPS) is 11.0. The van der Waals surface area contributed by atoms with Crippen molar-refractivity contribution < 1.29 is 13.2 Å². The van der Waals surface area contributed by atoms with Crippen LogP contribution in [-0.2, 0) is 0 Å². The summed E-state index contributed by atoms with van der Waals surface area (Å²) in [6.07, 6.45) is 3.43. The van der Waals surface area contributed by atoms with Crippen LogP contribution in [0.3, 0.4) is 0 Å². The SMILES string of the molecule is CSc1ccc(-c2cnn(-c3ccc(F)c(F)c3)c(=O)c2-c2ccc(C)c(F)c2)cc1. The molecule has 3 nitrogen and oxygen atoms in total. The monoisotopic (exact) mass is 438 g/mol. The van der Waals surface area contributed by atoms with Crippen LogP contribution in [0.2, 0.25) is 0 Å². The van der Waals surface area contributed by atoms with Crippen molar-refractivity contribution in [3.63, 3.8) is 0 Å². The van der Waals surface area contributed by atoms with Gasteiger partial charge in [0.05, 0.1) is 17.4 Å². The van der Waals surface area contributed by atoms with E-state index in [2.05, 4.69) is 5.10 Å². The fourth-order valence-electron chi connectivity index (χ4n) is 3.27. The lowest BCUT2D eigenvalue weighted by Crippen LogP contribution is -2.23. The van der Waals surface area contributed by atoms with Gasteiger partial charge in [0.25, 0.3) is 5.56 Å². The molecule has 1 heterocycles. The first-order valence-electron chi connectivity index (χ1n) is 9.37. The van der Waals surface area contributed by atoms with Crippen molar-refractivity contribution in [1.29, 1.82) is 0 Å². The molecule has 0 unspecified atom stereocenters. The molecule has 4 aromatic rings. The molecule has 1 aromatic heterocycles. The molecule has 0 radical (unpaired) electrons. The standard InChI is InChI=1S/C24H17F3N2OS/c1-14-3-4-16(11-21(14)26)23-19(15-5-8-18(31-2)9-6-15)13-28-29(24(23)30)17-7-10-20(25)22(27)12-17/h3-13H,1-2H3. The summed E-state index contributed by atoms with van der Waals surface area (Å²) in [6.45, 7) is 1.63. The molecule has 0 aliphatic heterocycles. The number of nitrogens with zero attached hydrogens (tertiary/aromatic N) is 2. The Hall–Kier alpha value is -3.32. The van der Waals surface area contributed by atoms with Crippen molar-refractivity contribution >= 4 is 11.8 Å². The van der Waals surface area contributed by atoms with Crippen LogP contribution < -0.4 is 5.56 Å². The second-order valence-electron chi connectivity index (χ2n) is 6.94. The van der Waals surface area contributed by atoms with Gasteiger partial charge in [-0.3, -0.25) is 4.79 Å². The molecule has 0 saturated carbocycles. The maximum atomic E-state index is 14.3. The summed E-state index contributed by atoms with van der Waals surface area (Å²) < 4.78 is 42.4. The van der Waals surface area contributed by atoms with Gasteiger partial charge in [-0.25, -0.2) is 13.2 Å². The minimum Gasteiger partial charge on any atom is -0.267 e. The van der Waals surface area contributed by atoms with Crippen molar-refractivity contribution in [2.45, 2.75) is 11.8 Å². The molecule has 0 aliphatic rings. The van der Waals surface area contributed by atoms with Crippen LogP contribution in [0.5, 0.6) is 0 Å². The van der Waals surface area contributed by atoms with Crippen LogP contribution in [-0.4, -0.2) is 16.0 Å². The Morgan fingerprint density at radius 1 is 0.839 bits per heavy atom. The fraction of sp³-hybridized carbons (Fsp3) is 0.0833. The van der Waals surface area contributed by atoms with Gasteiger partial charge in [0.2, 0.25) is 0 Å². The number of benzene rings is 3. The lowest BCUT2D eigenvalue weighted by molar-refractivity contribution is 0.507. The van der Waals surface area contributed by atoms with E-state index in [4.69, 9.17) is 0 Å². The van der Waals surface area contributed by atoms with Gasteiger partial charge in [-0.2, -0.15) is 9.78 Å². The third kappa shape index (κ3) is 4.01. The Labute approximate surface area is 181 Å². The molecule has 156 valence electrons. The van der Waals surface area contributed by atoms with Gasteiger partial charge in [-0.05, 0) is 60.2 Å². The van der Waals surface area contributed by atoms with E-state index in [0.717, 1.165) is 27.3 Å². The zero-order valence-corrected chi connectivity index (χ0v) is 17.5. The van der Waals surface area contributed by atoms with Gasteiger partial charge in [0.1, 0.15) is 5.82 Å². The van der Waals surface area contributed by atoms with Gasteiger partial charge in [0, 0.05) is 16.5 Å². The quantitative estimate of drug-likeness (QED) is 0.366. The molecule has 0 N–H and O–H groups in total. The third-order valence-corrected chi connectivity index (χ3v) is 5.73. The van der Waals surface area contributed by atoms with Gasteiger partial charge >= 0.3 is 0 Å². The molecule has 0 saturated heterocycles. The first-order chi connectivity index (χ1) is 14.9. The van der Waals surface area contributed by atoms with E-state index in [1.54, 1.807) is 30.8 Å². The Morgan fingerprint density at radius 2 is 1.55 bits per heavy atom. The molecule has 0 amide bonds. The van der Waals surface area contributed by atoms with Crippen LogP contribution in [0.4, 0.5) is 13.2 Å². The van der Waals surface area contributed by atoms with Crippen LogP contribution in [0.15, 0.2) is 76.6 Å². The van der Waals surface area contributed by atoms with Crippen LogP contribution >= 0.6 is 11.8 Å². The average molecular weight is 438 g/mol. The summed E-state index contributed by atoms with van der Waals surface area (Å²) in [5.74, 6) is -2.56. The number of rotatable bonds is 4. The lowest BCUT2D eigenvalue weighted by atomic mass is 9.96. The number of hydrogen-bond donors (Lipinski definition) is 0. The first-order valence-corrected chi connectivity index (χ1v) is 10.6. The predicted octanol–water partition coefficient (Wildman–Crippen LogP) is 6.01. The highest BCUT2D eigenvalue weighted by molar-refractivity contribution is 7.98. The topological polar surface area (TPSA) is 34.9 Å². The van der Waals surface area contributed by atoms with E-state index in [9.17, 15) is 18.0 Å². The second kappa shape index (κ2) is 8.43. The minimum absolute atomic E-state index is 0.0713. The van der Waals surface area contributed by atoms with Gasteiger partial charge in [0.15, 0.2) is 11.6 Å². The molecule has 0 atom stereocenters. The maximum absolute atomic E-state index is 14.3. The third-order valence-electron chi connectivity index (χ3n) is 4.99. The Balaban J connectivity index is 1.98. The lowest BCUT2D eigenvalue weighted by Gasteiger charge is -2.14. The van der Waals surface area contributed by atoms with Crippen molar-refractivity contribution in [1.82, 2.24) is 9.78 Å². The van der Waals surface area contributed by atoms with Crippen LogP contribution in [0, 0.1) is 24.4 Å². The number of halogens is 3. The number of thioether (sulfide) groups is 1. The highest BCUT2D eigenvalue weighted by atomic mass is 32.2. The highest BCUT2D eigenvalue weighted by Crippen LogP contribution is 2.31. The molecule has 31 heavy (non-hydrogen) atoms. The summed E-state index contributed by atoms with van der Waals surface area (Å²) in [4.78, 5) is 14.5. The van der Waals surface area contributed by atoms with Gasteiger partial charge in [-0.1, -0.05) is 24.3 Å². The van der Waals surface area contributed by atoms with Crippen LogP contribution in [0.1, 0.15) is 5.56 Å². The Bertz CT molecular complexity index is 1330. The van der Waals surface area contributed by atoms with E-state index in [-0.39, 0.29) is 11.3 Å². The van der Waals surface area contributed by atoms with Crippen molar-refractivity contribution in [3.8, 4) is 27.9 Å². The van der Waals surface area contributed by atoms with Crippen molar-refractivity contribution in [2.75, 3.05) is 6.26 Å². The molecule has 0 aliphatic carbocycles.